The maximum atomic E-state index is 9.02. The first-order valence-electron chi connectivity index (χ1n) is 10.3. The van der Waals surface area contributed by atoms with E-state index >= 15 is 0 Å². The maximum Gasteiger partial charge on any atom is 0.0701 e. The van der Waals surface area contributed by atoms with Gasteiger partial charge in [-0.3, -0.25) is 0 Å². The van der Waals surface area contributed by atoms with Gasteiger partial charge in [0.25, 0.3) is 0 Å². The summed E-state index contributed by atoms with van der Waals surface area (Å²) in [6, 6.07) is 0. The highest BCUT2D eigenvalue weighted by atomic mass is 16.5. The third-order valence-corrected chi connectivity index (χ3v) is 8.84. The van der Waals surface area contributed by atoms with E-state index in [1.165, 1.54) is 64.2 Å². The van der Waals surface area contributed by atoms with Gasteiger partial charge < -0.3 is 9.84 Å². The molecule has 0 aromatic carbocycles. The first-order chi connectivity index (χ1) is 11.1. The zero-order chi connectivity index (χ0) is 16.1. The molecule has 4 aliphatic carbocycles. The Morgan fingerprint density at radius 2 is 1.83 bits per heavy atom. The molecule has 2 heteroatoms. The molecule has 0 saturated heterocycles. The lowest BCUT2D eigenvalue weighted by Gasteiger charge is -2.60. The predicted octanol–water partition coefficient (Wildman–Crippen LogP) is 4.80. The lowest BCUT2D eigenvalue weighted by atomic mass is 9.45. The van der Waals surface area contributed by atoms with E-state index in [2.05, 4.69) is 13.8 Å². The van der Waals surface area contributed by atoms with Crippen molar-refractivity contribution in [3.63, 3.8) is 0 Å². The molecule has 0 aromatic rings. The van der Waals surface area contributed by atoms with E-state index in [0.717, 1.165) is 23.7 Å². The number of ether oxygens (including phenoxy) is 1. The topological polar surface area (TPSA) is 29.5 Å². The monoisotopic (exact) mass is 320 g/mol. The summed E-state index contributed by atoms with van der Waals surface area (Å²) in [4.78, 5) is 0. The van der Waals surface area contributed by atoms with Crippen LogP contribution in [0.4, 0.5) is 0 Å². The lowest BCUT2D eigenvalue weighted by Crippen LogP contribution is -2.53. The Bertz CT molecular complexity index is 436. The normalized spacial score (nSPS) is 52.6. The standard InChI is InChI=1S/C21H36O2/c1-20-9-3-4-18(20)17-6-5-15-14-16(23-13-12-22)7-11-21(15,2)19(17)8-10-20/h15-19,22H,3-14H2,1-2H3/t15-,16?,17?,18?,19?,20?,21?/m0/s1. The van der Waals surface area contributed by atoms with Crippen LogP contribution in [-0.2, 0) is 4.74 Å². The minimum atomic E-state index is 0.170. The SMILES string of the molecule is CC12CCCC1C1CC[C@H]3CC(OCCO)CCC3(C)C1CC2. The number of aliphatic hydroxyl groups is 1. The molecule has 132 valence electrons. The molecule has 0 radical (unpaired) electrons. The Morgan fingerprint density at radius 3 is 2.65 bits per heavy atom. The highest BCUT2D eigenvalue weighted by Crippen LogP contribution is 2.66. The molecule has 2 nitrogen and oxygen atoms in total. The number of fused-ring (bicyclic) bond motifs is 5. The van der Waals surface area contributed by atoms with E-state index in [0.29, 0.717) is 23.5 Å². The van der Waals surface area contributed by atoms with Crippen molar-refractivity contribution >= 4 is 0 Å². The third kappa shape index (κ3) is 2.59. The van der Waals surface area contributed by atoms with Gasteiger partial charge in [0.05, 0.1) is 19.3 Å². The largest absolute Gasteiger partial charge is 0.394 e. The number of aliphatic hydroxyl groups excluding tert-OH is 1. The maximum absolute atomic E-state index is 9.02. The lowest BCUT2D eigenvalue weighted by molar-refractivity contribution is -0.131. The quantitative estimate of drug-likeness (QED) is 0.809. The number of hydrogen-bond donors (Lipinski definition) is 1. The Morgan fingerprint density at radius 1 is 0.957 bits per heavy atom. The molecule has 23 heavy (non-hydrogen) atoms. The van der Waals surface area contributed by atoms with Crippen LogP contribution in [0.15, 0.2) is 0 Å². The predicted molar refractivity (Wildman–Crippen MR) is 93.2 cm³/mol. The van der Waals surface area contributed by atoms with E-state index < -0.39 is 0 Å². The molecule has 7 atom stereocenters. The van der Waals surface area contributed by atoms with Crippen molar-refractivity contribution in [2.75, 3.05) is 13.2 Å². The molecule has 4 fully saturated rings. The zero-order valence-corrected chi connectivity index (χ0v) is 15.2. The van der Waals surface area contributed by atoms with Crippen LogP contribution in [0.1, 0.15) is 78.1 Å². The van der Waals surface area contributed by atoms with Crippen molar-refractivity contribution in [2.24, 2.45) is 34.5 Å². The fourth-order valence-electron chi connectivity index (χ4n) is 7.58. The second-order valence-corrected chi connectivity index (χ2v) is 9.73. The van der Waals surface area contributed by atoms with Gasteiger partial charge in [0, 0.05) is 0 Å². The number of hydrogen-bond acceptors (Lipinski definition) is 2. The molecule has 0 spiro atoms. The van der Waals surface area contributed by atoms with Gasteiger partial charge in [-0.1, -0.05) is 20.3 Å². The van der Waals surface area contributed by atoms with E-state index in [1.54, 1.807) is 0 Å². The molecule has 1 N–H and O–H groups in total. The summed E-state index contributed by atoms with van der Waals surface area (Å²) in [5, 5.41) is 9.02. The van der Waals surface area contributed by atoms with Crippen LogP contribution in [0.5, 0.6) is 0 Å². The molecule has 0 aromatic heterocycles. The summed E-state index contributed by atoms with van der Waals surface area (Å²) in [5.41, 5.74) is 1.26. The summed E-state index contributed by atoms with van der Waals surface area (Å²) in [6.07, 6.45) is 14.6. The van der Waals surface area contributed by atoms with Crippen LogP contribution in [0.3, 0.4) is 0 Å². The molecule has 6 unspecified atom stereocenters. The minimum Gasteiger partial charge on any atom is -0.394 e. The molecular weight excluding hydrogens is 284 g/mol. The molecule has 0 aliphatic heterocycles. The Kier molecular flexibility index (Phi) is 4.29. The van der Waals surface area contributed by atoms with Gasteiger partial charge in [-0.05, 0) is 92.3 Å². The summed E-state index contributed by atoms with van der Waals surface area (Å²) < 4.78 is 5.90. The average molecular weight is 321 g/mol. The van der Waals surface area contributed by atoms with Crippen molar-refractivity contribution < 1.29 is 9.84 Å². The van der Waals surface area contributed by atoms with Gasteiger partial charge in [-0.25, -0.2) is 0 Å². The van der Waals surface area contributed by atoms with Gasteiger partial charge in [0.2, 0.25) is 0 Å². The molecule has 0 amide bonds. The minimum absolute atomic E-state index is 0.170. The van der Waals surface area contributed by atoms with Crippen LogP contribution >= 0.6 is 0 Å². The van der Waals surface area contributed by atoms with Gasteiger partial charge in [0.15, 0.2) is 0 Å². The van der Waals surface area contributed by atoms with Gasteiger partial charge in [-0.15, -0.1) is 0 Å². The van der Waals surface area contributed by atoms with E-state index in [9.17, 15) is 0 Å². The highest BCUT2D eigenvalue weighted by Gasteiger charge is 2.57. The van der Waals surface area contributed by atoms with Crippen molar-refractivity contribution in [3.05, 3.63) is 0 Å². The fourth-order valence-corrected chi connectivity index (χ4v) is 7.58. The van der Waals surface area contributed by atoms with Gasteiger partial charge in [0.1, 0.15) is 0 Å². The van der Waals surface area contributed by atoms with Crippen LogP contribution in [-0.4, -0.2) is 24.4 Å². The fraction of sp³-hybridized carbons (Fsp3) is 1.00. The highest BCUT2D eigenvalue weighted by molar-refractivity contribution is 5.07. The Hall–Kier alpha value is -0.0800. The molecular formula is C21H36O2. The summed E-state index contributed by atoms with van der Waals surface area (Å²) in [7, 11) is 0. The van der Waals surface area contributed by atoms with Crippen LogP contribution in [0.2, 0.25) is 0 Å². The second kappa shape index (κ2) is 6.02. The van der Waals surface area contributed by atoms with Gasteiger partial charge in [-0.2, -0.15) is 0 Å². The molecule has 4 saturated carbocycles. The average Bonchev–Trinajstić information content (AvgIpc) is 2.94. The summed E-state index contributed by atoms with van der Waals surface area (Å²) in [6.45, 7) is 5.94. The molecule has 4 rings (SSSR count). The summed E-state index contributed by atoms with van der Waals surface area (Å²) in [5.74, 6) is 3.90. The second-order valence-electron chi connectivity index (χ2n) is 9.73. The van der Waals surface area contributed by atoms with Crippen molar-refractivity contribution in [1.82, 2.24) is 0 Å². The number of rotatable bonds is 3. The smallest absolute Gasteiger partial charge is 0.0701 e. The van der Waals surface area contributed by atoms with Crippen molar-refractivity contribution in [1.29, 1.82) is 0 Å². The first kappa shape index (κ1) is 16.4. The van der Waals surface area contributed by atoms with Crippen molar-refractivity contribution in [2.45, 2.75) is 84.2 Å². The molecule has 0 heterocycles. The first-order valence-corrected chi connectivity index (χ1v) is 10.3. The van der Waals surface area contributed by atoms with E-state index in [-0.39, 0.29) is 6.61 Å². The van der Waals surface area contributed by atoms with E-state index in [1.807, 2.05) is 0 Å². The van der Waals surface area contributed by atoms with Gasteiger partial charge >= 0.3 is 0 Å². The van der Waals surface area contributed by atoms with Crippen LogP contribution in [0.25, 0.3) is 0 Å². The molecule has 4 aliphatic rings. The van der Waals surface area contributed by atoms with Crippen molar-refractivity contribution in [3.8, 4) is 0 Å². The van der Waals surface area contributed by atoms with Crippen LogP contribution < -0.4 is 0 Å². The van der Waals surface area contributed by atoms with E-state index in [4.69, 9.17) is 9.84 Å². The Labute approximate surface area is 142 Å². The molecule has 0 bridgehead atoms. The third-order valence-electron chi connectivity index (χ3n) is 8.84. The summed E-state index contributed by atoms with van der Waals surface area (Å²) >= 11 is 0. The Balaban J connectivity index is 1.49. The zero-order valence-electron chi connectivity index (χ0n) is 15.2. The van der Waals surface area contributed by atoms with Crippen LogP contribution in [0, 0.1) is 34.5 Å².